The molecule has 1 aliphatic rings. The van der Waals surface area contributed by atoms with E-state index in [1.165, 1.54) is 0 Å². The minimum atomic E-state index is 0.257. The Morgan fingerprint density at radius 1 is 1.07 bits per heavy atom. The van der Waals surface area contributed by atoms with Crippen molar-refractivity contribution >= 4 is 46.1 Å². The fourth-order valence-corrected chi connectivity index (χ4v) is 4.85. The maximum absolute atomic E-state index is 11.9. The molecule has 4 rings (SSSR count). The number of amides is 1. The second kappa shape index (κ2) is 9.16. The van der Waals surface area contributed by atoms with Gasteiger partial charge in [-0.1, -0.05) is 41.4 Å². The van der Waals surface area contributed by atoms with Crippen molar-refractivity contribution in [2.24, 2.45) is 4.99 Å². The van der Waals surface area contributed by atoms with E-state index in [0.717, 1.165) is 54.2 Å². The summed E-state index contributed by atoms with van der Waals surface area (Å²) < 4.78 is 2.18. The normalized spacial score (nSPS) is 14.8. The molecular weight excluding hydrogens is 425 g/mol. The van der Waals surface area contributed by atoms with Gasteiger partial charge in [-0.15, -0.1) is 11.3 Å². The minimum Gasteiger partial charge on any atom is -0.343 e. The maximum atomic E-state index is 11.9. The summed E-state index contributed by atoms with van der Waals surface area (Å²) in [6.45, 7) is 2.37. The van der Waals surface area contributed by atoms with Crippen LogP contribution in [0.15, 0.2) is 58.9 Å². The number of rotatable bonds is 6. The number of nitrogens with zero attached hydrogens (tertiary/aromatic N) is 3. The Morgan fingerprint density at radius 2 is 1.90 bits per heavy atom. The van der Waals surface area contributed by atoms with E-state index in [-0.39, 0.29) is 5.91 Å². The van der Waals surface area contributed by atoms with Gasteiger partial charge in [0.2, 0.25) is 5.91 Å². The molecule has 150 valence electrons. The van der Waals surface area contributed by atoms with Gasteiger partial charge in [0.1, 0.15) is 0 Å². The minimum absolute atomic E-state index is 0.257. The number of likely N-dealkylation sites (tertiary alicyclic amines) is 1. The molecule has 4 nitrogen and oxygen atoms in total. The highest BCUT2D eigenvalue weighted by molar-refractivity contribution is 7.07. The molecule has 0 aliphatic carbocycles. The Kier molecular flexibility index (Phi) is 6.38. The third-order valence-corrected chi connectivity index (χ3v) is 6.39. The topological polar surface area (TPSA) is 37.6 Å². The zero-order valence-electron chi connectivity index (χ0n) is 15.9. The van der Waals surface area contributed by atoms with E-state index < -0.39 is 0 Å². The van der Waals surface area contributed by atoms with E-state index in [4.69, 9.17) is 28.2 Å². The van der Waals surface area contributed by atoms with Gasteiger partial charge >= 0.3 is 0 Å². The highest BCUT2D eigenvalue weighted by Crippen LogP contribution is 2.31. The molecule has 1 saturated heterocycles. The number of thiazole rings is 1. The first kappa shape index (κ1) is 20.2. The zero-order chi connectivity index (χ0) is 20.2. The van der Waals surface area contributed by atoms with E-state index in [0.29, 0.717) is 16.5 Å². The largest absolute Gasteiger partial charge is 0.343 e. The van der Waals surface area contributed by atoms with Crippen LogP contribution in [0.25, 0.3) is 11.3 Å². The molecule has 1 fully saturated rings. The quantitative estimate of drug-likeness (QED) is 0.474. The summed E-state index contributed by atoms with van der Waals surface area (Å²) in [6, 6.07) is 15.4. The second-order valence-corrected chi connectivity index (χ2v) is 8.64. The number of carbonyl (C=O) groups is 1. The standard InChI is InChI=1S/C22H21Cl2N3OS/c23-16-9-10-19(24)18(14-16)20-15-29-22(25-17-6-2-1-3-7-17)27(20)13-5-12-26-11-4-8-21(26)28/h1-3,6-7,9-10,14-15H,4-5,8,11-13H2. The first-order valence-corrected chi connectivity index (χ1v) is 11.3. The number of aromatic nitrogens is 1. The van der Waals surface area contributed by atoms with Gasteiger partial charge in [-0.2, -0.15) is 0 Å². The van der Waals surface area contributed by atoms with Crippen LogP contribution in [0.1, 0.15) is 19.3 Å². The van der Waals surface area contributed by atoms with Crippen LogP contribution in [0.5, 0.6) is 0 Å². The van der Waals surface area contributed by atoms with Crippen LogP contribution in [-0.2, 0) is 11.3 Å². The molecule has 7 heteroatoms. The third-order valence-electron chi connectivity index (χ3n) is 4.96. The van der Waals surface area contributed by atoms with Crippen molar-refractivity contribution in [2.45, 2.75) is 25.8 Å². The average Bonchev–Trinajstić information content (AvgIpc) is 3.31. The summed E-state index contributed by atoms with van der Waals surface area (Å²) in [5.41, 5.74) is 2.79. The van der Waals surface area contributed by atoms with Crippen molar-refractivity contribution in [1.29, 1.82) is 0 Å². The Morgan fingerprint density at radius 3 is 2.66 bits per heavy atom. The van der Waals surface area contributed by atoms with Gasteiger partial charge < -0.3 is 9.47 Å². The summed E-state index contributed by atoms with van der Waals surface area (Å²) in [7, 11) is 0. The molecule has 0 spiro atoms. The molecule has 0 unspecified atom stereocenters. The van der Waals surface area contributed by atoms with Crippen molar-refractivity contribution in [1.82, 2.24) is 9.47 Å². The van der Waals surface area contributed by atoms with E-state index in [9.17, 15) is 4.79 Å². The lowest BCUT2D eigenvalue weighted by molar-refractivity contribution is -0.127. The third kappa shape index (κ3) is 4.74. The van der Waals surface area contributed by atoms with Crippen molar-refractivity contribution in [3.05, 3.63) is 68.8 Å². The van der Waals surface area contributed by atoms with Gasteiger partial charge in [0.05, 0.1) is 16.4 Å². The van der Waals surface area contributed by atoms with Crippen LogP contribution in [0.2, 0.25) is 10.0 Å². The second-order valence-electron chi connectivity index (χ2n) is 6.96. The smallest absolute Gasteiger partial charge is 0.222 e. The molecular formula is C22H21Cl2N3OS. The highest BCUT2D eigenvalue weighted by atomic mass is 35.5. The van der Waals surface area contributed by atoms with E-state index in [1.807, 2.05) is 47.4 Å². The van der Waals surface area contributed by atoms with Crippen molar-refractivity contribution in [3.63, 3.8) is 0 Å². The Labute approximate surface area is 184 Å². The van der Waals surface area contributed by atoms with E-state index in [1.54, 1.807) is 17.4 Å². The van der Waals surface area contributed by atoms with Gasteiger partial charge in [0.25, 0.3) is 0 Å². The van der Waals surface area contributed by atoms with E-state index >= 15 is 0 Å². The fourth-order valence-electron chi connectivity index (χ4n) is 3.52. The van der Waals surface area contributed by atoms with Crippen molar-refractivity contribution in [2.75, 3.05) is 13.1 Å². The average molecular weight is 446 g/mol. The van der Waals surface area contributed by atoms with Gasteiger partial charge in [0.15, 0.2) is 4.80 Å². The molecule has 1 amide bonds. The molecule has 2 heterocycles. The molecule has 1 aliphatic heterocycles. The molecule has 2 aromatic carbocycles. The molecule has 0 bridgehead atoms. The molecule has 0 saturated carbocycles. The monoisotopic (exact) mass is 445 g/mol. The van der Waals surface area contributed by atoms with Gasteiger partial charge in [-0.25, -0.2) is 4.99 Å². The lowest BCUT2D eigenvalue weighted by Crippen LogP contribution is -2.27. The van der Waals surface area contributed by atoms with Crippen LogP contribution in [0.3, 0.4) is 0 Å². The SMILES string of the molecule is O=C1CCCN1CCCn1c(-c2cc(Cl)ccc2Cl)csc1=Nc1ccccc1. The summed E-state index contributed by atoms with van der Waals surface area (Å²) >= 11 is 14.3. The van der Waals surface area contributed by atoms with Crippen LogP contribution >= 0.6 is 34.5 Å². The zero-order valence-corrected chi connectivity index (χ0v) is 18.2. The number of halogens is 2. The van der Waals surface area contributed by atoms with E-state index in [2.05, 4.69) is 9.95 Å². The maximum Gasteiger partial charge on any atom is 0.222 e. The molecule has 0 N–H and O–H groups in total. The number of carbonyl (C=O) groups excluding carboxylic acids is 1. The summed E-state index contributed by atoms with van der Waals surface area (Å²) in [4.78, 5) is 19.6. The van der Waals surface area contributed by atoms with Crippen LogP contribution in [0, 0.1) is 0 Å². The Hall–Kier alpha value is -2.08. The summed E-state index contributed by atoms with van der Waals surface area (Å²) in [6.07, 6.45) is 2.49. The molecule has 0 radical (unpaired) electrons. The highest BCUT2D eigenvalue weighted by Gasteiger charge is 2.19. The predicted molar refractivity (Wildman–Crippen MR) is 120 cm³/mol. The Balaban J connectivity index is 1.68. The molecule has 1 aromatic heterocycles. The molecule has 3 aromatic rings. The van der Waals surface area contributed by atoms with Crippen molar-refractivity contribution < 1.29 is 4.79 Å². The predicted octanol–water partition coefficient (Wildman–Crippen LogP) is 5.77. The summed E-state index contributed by atoms with van der Waals surface area (Å²) in [5, 5.41) is 3.37. The fraction of sp³-hybridized carbons (Fsp3) is 0.273. The number of hydrogen-bond acceptors (Lipinski definition) is 3. The number of hydrogen-bond donors (Lipinski definition) is 0. The Bertz CT molecular complexity index is 1080. The lowest BCUT2D eigenvalue weighted by atomic mass is 10.1. The number of benzene rings is 2. The number of para-hydroxylation sites is 1. The first-order chi connectivity index (χ1) is 14.1. The van der Waals surface area contributed by atoms with Crippen LogP contribution < -0.4 is 4.80 Å². The lowest BCUT2D eigenvalue weighted by Gasteiger charge is -2.16. The molecule has 29 heavy (non-hydrogen) atoms. The van der Waals surface area contributed by atoms with Crippen LogP contribution in [0.4, 0.5) is 5.69 Å². The van der Waals surface area contributed by atoms with Gasteiger partial charge in [-0.05, 0) is 43.2 Å². The summed E-state index contributed by atoms with van der Waals surface area (Å²) in [5.74, 6) is 0.257. The van der Waals surface area contributed by atoms with Gasteiger partial charge in [-0.3, -0.25) is 4.79 Å². The van der Waals surface area contributed by atoms with Crippen LogP contribution in [-0.4, -0.2) is 28.5 Å². The van der Waals surface area contributed by atoms with Gasteiger partial charge in [0, 0.05) is 42.0 Å². The first-order valence-electron chi connectivity index (χ1n) is 9.63. The molecule has 0 atom stereocenters. The van der Waals surface area contributed by atoms with Crippen molar-refractivity contribution in [3.8, 4) is 11.3 Å².